The van der Waals surface area contributed by atoms with Crippen molar-refractivity contribution in [2.45, 2.75) is 50.7 Å². The summed E-state index contributed by atoms with van der Waals surface area (Å²) in [4.78, 5) is 19.4. The molecule has 29 heavy (non-hydrogen) atoms. The van der Waals surface area contributed by atoms with Crippen molar-refractivity contribution < 1.29 is 18.7 Å². The van der Waals surface area contributed by atoms with Crippen LogP contribution in [0.2, 0.25) is 0 Å². The van der Waals surface area contributed by atoms with Gasteiger partial charge in [-0.15, -0.1) is 0 Å². The van der Waals surface area contributed by atoms with Crippen LogP contribution in [-0.4, -0.2) is 41.7 Å². The van der Waals surface area contributed by atoms with E-state index in [1.54, 1.807) is 12.1 Å². The first-order chi connectivity index (χ1) is 13.9. The molecule has 0 radical (unpaired) electrons. The van der Waals surface area contributed by atoms with E-state index in [1.165, 1.54) is 6.07 Å². The standard InChI is InChI=1S/C22H25F2N3O2/c1-27-10-9-15-14(11-13-5-4-6-16(23)20(13)24)12-18(25-21(15)27)22(29)26-17-7-2-3-8-19(17)28/h4-6,12,17,19,28H,2-3,7-11H2,1H3,(H,26,29)/t17-,19-/m0/s1. The zero-order valence-electron chi connectivity index (χ0n) is 16.4. The average molecular weight is 401 g/mol. The molecule has 1 aromatic heterocycles. The van der Waals surface area contributed by atoms with Crippen LogP contribution in [-0.2, 0) is 12.8 Å². The van der Waals surface area contributed by atoms with Crippen molar-refractivity contribution >= 4 is 11.7 Å². The maximum absolute atomic E-state index is 14.2. The van der Waals surface area contributed by atoms with Crippen molar-refractivity contribution in [3.63, 3.8) is 0 Å². The Kier molecular flexibility index (Phi) is 5.50. The summed E-state index contributed by atoms with van der Waals surface area (Å²) in [6, 6.07) is 5.53. The minimum Gasteiger partial charge on any atom is -0.391 e. The molecule has 0 saturated heterocycles. The van der Waals surface area contributed by atoms with E-state index in [-0.39, 0.29) is 29.6 Å². The van der Waals surface area contributed by atoms with E-state index < -0.39 is 17.7 Å². The molecule has 0 spiro atoms. The first kappa shape index (κ1) is 19.8. The van der Waals surface area contributed by atoms with E-state index in [1.807, 2.05) is 11.9 Å². The Hall–Kier alpha value is -2.54. The predicted molar refractivity (Wildman–Crippen MR) is 106 cm³/mol. The van der Waals surface area contributed by atoms with Gasteiger partial charge in [0.1, 0.15) is 11.5 Å². The van der Waals surface area contributed by atoms with Gasteiger partial charge in [0.15, 0.2) is 11.6 Å². The number of pyridine rings is 1. The van der Waals surface area contributed by atoms with Crippen LogP contribution >= 0.6 is 0 Å². The number of benzene rings is 1. The molecule has 0 unspecified atom stereocenters. The summed E-state index contributed by atoms with van der Waals surface area (Å²) in [5.41, 5.74) is 2.23. The van der Waals surface area contributed by atoms with Gasteiger partial charge in [-0.25, -0.2) is 13.8 Å². The number of aliphatic hydroxyl groups excluding tert-OH is 1. The minimum atomic E-state index is -0.880. The van der Waals surface area contributed by atoms with Crippen LogP contribution in [0.25, 0.3) is 0 Å². The fraction of sp³-hybridized carbons (Fsp3) is 0.455. The Labute approximate surface area is 168 Å². The van der Waals surface area contributed by atoms with Crippen LogP contribution in [0.5, 0.6) is 0 Å². The lowest BCUT2D eigenvalue weighted by Crippen LogP contribution is -2.45. The highest BCUT2D eigenvalue weighted by molar-refractivity contribution is 5.93. The van der Waals surface area contributed by atoms with Crippen LogP contribution in [0.1, 0.15) is 52.9 Å². The summed E-state index contributed by atoms with van der Waals surface area (Å²) in [7, 11) is 1.90. The summed E-state index contributed by atoms with van der Waals surface area (Å²) in [5.74, 6) is -1.39. The molecule has 7 heteroatoms. The lowest BCUT2D eigenvalue weighted by Gasteiger charge is -2.28. The lowest BCUT2D eigenvalue weighted by molar-refractivity contribution is 0.0714. The monoisotopic (exact) mass is 401 g/mol. The highest BCUT2D eigenvalue weighted by Gasteiger charge is 2.28. The first-order valence-electron chi connectivity index (χ1n) is 10.1. The SMILES string of the molecule is CN1CCc2c(Cc3cccc(F)c3F)cc(C(=O)N[C@H]3CCCC[C@@H]3O)nc21. The number of carbonyl (C=O) groups is 1. The molecule has 2 aromatic rings. The highest BCUT2D eigenvalue weighted by atomic mass is 19.2. The normalized spacial score (nSPS) is 21.2. The molecule has 2 aliphatic rings. The van der Waals surface area contributed by atoms with Gasteiger partial charge in [0.2, 0.25) is 0 Å². The molecule has 1 aliphatic heterocycles. The molecule has 154 valence electrons. The fourth-order valence-corrected chi connectivity index (χ4v) is 4.27. The largest absolute Gasteiger partial charge is 0.391 e. The van der Waals surface area contributed by atoms with Crippen molar-refractivity contribution in [2.24, 2.45) is 0 Å². The molecule has 2 heterocycles. The number of anilines is 1. The van der Waals surface area contributed by atoms with Gasteiger partial charge in [0.05, 0.1) is 12.1 Å². The highest BCUT2D eigenvalue weighted by Crippen LogP contribution is 2.31. The van der Waals surface area contributed by atoms with E-state index in [2.05, 4.69) is 10.3 Å². The van der Waals surface area contributed by atoms with Gasteiger partial charge in [0.25, 0.3) is 5.91 Å². The molecule has 1 amide bonds. The molecular weight excluding hydrogens is 376 g/mol. The van der Waals surface area contributed by atoms with Gasteiger partial charge in [-0.1, -0.05) is 25.0 Å². The van der Waals surface area contributed by atoms with Gasteiger partial charge in [-0.05, 0) is 42.5 Å². The zero-order valence-corrected chi connectivity index (χ0v) is 16.4. The Bertz CT molecular complexity index is 935. The van der Waals surface area contributed by atoms with E-state index in [9.17, 15) is 18.7 Å². The molecule has 4 rings (SSSR count). The maximum atomic E-state index is 14.2. The number of amides is 1. The number of aliphatic hydroxyl groups is 1. The third-order valence-corrected chi connectivity index (χ3v) is 5.94. The molecular formula is C22H25F2N3O2. The fourth-order valence-electron chi connectivity index (χ4n) is 4.27. The number of hydrogen-bond donors (Lipinski definition) is 2. The summed E-state index contributed by atoms with van der Waals surface area (Å²) in [6.45, 7) is 0.757. The van der Waals surface area contributed by atoms with Gasteiger partial charge >= 0.3 is 0 Å². The van der Waals surface area contributed by atoms with Gasteiger partial charge in [-0.3, -0.25) is 4.79 Å². The van der Waals surface area contributed by atoms with Crippen LogP contribution in [0, 0.1) is 11.6 Å². The smallest absolute Gasteiger partial charge is 0.270 e. The second kappa shape index (κ2) is 8.06. The maximum Gasteiger partial charge on any atom is 0.270 e. The Morgan fingerprint density at radius 3 is 2.86 bits per heavy atom. The van der Waals surface area contributed by atoms with Crippen LogP contribution in [0.4, 0.5) is 14.6 Å². The third-order valence-electron chi connectivity index (χ3n) is 5.94. The van der Waals surface area contributed by atoms with Crippen molar-refractivity contribution in [1.82, 2.24) is 10.3 Å². The summed E-state index contributed by atoms with van der Waals surface area (Å²) < 4.78 is 27.9. The van der Waals surface area contributed by atoms with Crippen molar-refractivity contribution in [1.29, 1.82) is 0 Å². The van der Waals surface area contributed by atoms with Gasteiger partial charge < -0.3 is 15.3 Å². The molecule has 1 fully saturated rings. The predicted octanol–water partition coefficient (Wildman–Crippen LogP) is 2.98. The zero-order chi connectivity index (χ0) is 20.5. The number of nitrogens with zero attached hydrogens (tertiary/aromatic N) is 2. The summed E-state index contributed by atoms with van der Waals surface area (Å²) >= 11 is 0. The number of nitrogens with one attached hydrogen (secondary N) is 1. The van der Waals surface area contributed by atoms with Gasteiger partial charge in [-0.2, -0.15) is 0 Å². The molecule has 1 saturated carbocycles. The number of aromatic nitrogens is 1. The average Bonchev–Trinajstić information content (AvgIpc) is 3.08. The number of carbonyl (C=O) groups excluding carboxylic acids is 1. The number of rotatable bonds is 4. The molecule has 0 bridgehead atoms. The van der Waals surface area contributed by atoms with E-state index in [0.717, 1.165) is 49.4 Å². The van der Waals surface area contributed by atoms with Crippen molar-refractivity contribution in [3.05, 3.63) is 58.3 Å². The van der Waals surface area contributed by atoms with Gasteiger partial charge in [0, 0.05) is 25.6 Å². The Balaban J connectivity index is 1.65. The number of fused-ring (bicyclic) bond motifs is 1. The molecule has 2 N–H and O–H groups in total. The van der Waals surface area contributed by atoms with Crippen molar-refractivity contribution in [3.8, 4) is 0 Å². The number of likely N-dealkylation sites (N-methyl/N-ethyl adjacent to an activating group) is 1. The third kappa shape index (κ3) is 3.96. The minimum absolute atomic E-state index is 0.189. The van der Waals surface area contributed by atoms with E-state index >= 15 is 0 Å². The summed E-state index contributed by atoms with van der Waals surface area (Å²) in [5, 5.41) is 13.0. The lowest BCUT2D eigenvalue weighted by atomic mass is 9.92. The molecule has 2 atom stereocenters. The van der Waals surface area contributed by atoms with Crippen molar-refractivity contribution in [2.75, 3.05) is 18.5 Å². The van der Waals surface area contributed by atoms with Crippen LogP contribution in [0.15, 0.2) is 24.3 Å². The van der Waals surface area contributed by atoms with Crippen LogP contribution in [0.3, 0.4) is 0 Å². The molecule has 5 nitrogen and oxygen atoms in total. The first-order valence-corrected chi connectivity index (χ1v) is 10.1. The molecule has 1 aromatic carbocycles. The number of hydrogen-bond acceptors (Lipinski definition) is 4. The second-order valence-corrected chi connectivity index (χ2v) is 7.96. The summed E-state index contributed by atoms with van der Waals surface area (Å²) in [6.07, 6.45) is 3.72. The topological polar surface area (TPSA) is 65.5 Å². The van der Waals surface area contributed by atoms with Crippen LogP contribution < -0.4 is 10.2 Å². The number of halogens is 2. The molecule has 1 aliphatic carbocycles. The Morgan fingerprint density at radius 1 is 1.28 bits per heavy atom. The van der Waals surface area contributed by atoms with E-state index in [0.29, 0.717) is 12.2 Å². The van der Waals surface area contributed by atoms with E-state index in [4.69, 9.17) is 0 Å². The second-order valence-electron chi connectivity index (χ2n) is 7.96. The Morgan fingerprint density at radius 2 is 2.07 bits per heavy atom. The quantitative estimate of drug-likeness (QED) is 0.827.